The Bertz CT molecular complexity index is 1280. The molecular formula is C23H20F7N7O2. The fourth-order valence-corrected chi connectivity index (χ4v) is 3.31. The Labute approximate surface area is 216 Å². The van der Waals surface area contributed by atoms with Crippen LogP contribution in [0.15, 0.2) is 58.8 Å². The van der Waals surface area contributed by atoms with Crippen LogP contribution in [0.3, 0.4) is 0 Å². The zero-order valence-corrected chi connectivity index (χ0v) is 19.9. The Morgan fingerprint density at radius 3 is 2.36 bits per heavy atom. The summed E-state index contributed by atoms with van der Waals surface area (Å²) in [4.78, 5) is 14.5. The molecule has 0 radical (unpaired) electrons. The summed E-state index contributed by atoms with van der Waals surface area (Å²) in [6, 6.07) is 9.28. The molecule has 39 heavy (non-hydrogen) atoms. The van der Waals surface area contributed by atoms with Crippen molar-refractivity contribution in [3.8, 4) is 5.75 Å². The highest BCUT2D eigenvalue weighted by molar-refractivity contribution is 5.57. The number of hydrogen-bond donors (Lipinski definition) is 1. The van der Waals surface area contributed by atoms with E-state index in [-0.39, 0.29) is 30.1 Å². The van der Waals surface area contributed by atoms with Gasteiger partial charge in [-0.1, -0.05) is 18.2 Å². The number of nitrogens with zero attached hydrogens (tertiary/aromatic N) is 6. The summed E-state index contributed by atoms with van der Waals surface area (Å²) in [7, 11) is 0. The summed E-state index contributed by atoms with van der Waals surface area (Å²) in [5.74, 6) is -0.523. The van der Waals surface area contributed by atoms with Gasteiger partial charge in [0.1, 0.15) is 5.75 Å². The molecule has 1 aliphatic heterocycles. The first-order valence-electron chi connectivity index (χ1n) is 11.3. The number of hydrogen-bond acceptors (Lipinski definition) is 9. The molecule has 0 bridgehead atoms. The van der Waals surface area contributed by atoms with Crippen LogP contribution >= 0.6 is 0 Å². The highest BCUT2D eigenvalue weighted by Crippen LogP contribution is 2.31. The lowest BCUT2D eigenvalue weighted by molar-refractivity contribution is -0.253. The van der Waals surface area contributed by atoms with Gasteiger partial charge in [-0.25, -0.2) is 0 Å². The molecule has 2 heterocycles. The SMILES string of the molecule is FC(F)C(F)(F)Oc1cccc(Nc2nc(N=NCc3ccc(C(F)(F)F)cc3)nc(N3CCOCC3)n2)c1. The summed E-state index contributed by atoms with van der Waals surface area (Å²) in [6.07, 6.45) is -13.2. The van der Waals surface area contributed by atoms with Gasteiger partial charge in [0.25, 0.3) is 5.95 Å². The second-order valence-corrected chi connectivity index (χ2v) is 8.07. The van der Waals surface area contributed by atoms with Crippen LogP contribution in [0.5, 0.6) is 5.75 Å². The molecule has 1 fully saturated rings. The quantitative estimate of drug-likeness (QED) is 0.254. The first kappa shape index (κ1) is 27.9. The monoisotopic (exact) mass is 559 g/mol. The summed E-state index contributed by atoms with van der Waals surface area (Å²) < 4.78 is 99.3. The lowest BCUT2D eigenvalue weighted by Crippen LogP contribution is -2.37. The summed E-state index contributed by atoms with van der Waals surface area (Å²) >= 11 is 0. The lowest BCUT2D eigenvalue weighted by Gasteiger charge is -2.26. The van der Waals surface area contributed by atoms with Crippen LogP contribution in [-0.2, 0) is 17.5 Å². The van der Waals surface area contributed by atoms with E-state index in [1.165, 1.54) is 24.3 Å². The van der Waals surface area contributed by atoms with E-state index >= 15 is 0 Å². The van der Waals surface area contributed by atoms with Gasteiger partial charge in [-0.05, 0) is 29.8 Å². The minimum absolute atomic E-state index is 0.0583. The lowest BCUT2D eigenvalue weighted by atomic mass is 10.1. The van der Waals surface area contributed by atoms with Crippen molar-refractivity contribution in [2.45, 2.75) is 25.3 Å². The molecule has 1 N–H and O–H groups in total. The minimum atomic E-state index is -4.68. The third-order valence-corrected chi connectivity index (χ3v) is 5.20. The predicted molar refractivity (Wildman–Crippen MR) is 124 cm³/mol. The molecule has 1 aliphatic rings. The van der Waals surface area contributed by atoms with Crippen LogP contribution in [0.1, 0.15) is 11.1 Å². The number of anilines is 3. The molecule has 9 nitrogen and oxygen atoms in total. The average Bonchev–Trinajstić information content (AvgIpc) is 2.89. The molecule has 0 saturated carbocycles. The molecular weight excluding hydrogens is 539 g/mol. The van der Waals surface area contributed by atoms with Crippen molar-refractivity contribution in [3.63, 3.8) is 0 Å². The smallest absolute Gasteiger partial charge is 0.428 e. The van der Waals surface area contributed by atoms with Gasteiger partial charge in [-0.15, -0.1) is 5.11 Å². The van der Waals surface area contributed by atoms with Crippen LogP contribution in [0, 0.1) is 0 Å². The second-order valence-electron chi connectivity index (χ2n) is 8.07. The van der Waals surface area contributed by atoms with Crippen molar-refractivity contribution in [2.75, 3.05) is 36.5 Å². The highest BCUT2D eigenvalue weighted by Gasteiger charge is 2.44. The minimum Gasteiger partial charge on any atom is -0.428 e. The van der Waals surface area contributed by atoms with E-state index < -0.39 is 30.0 Å². The largest absolute Gasteiger partial charge is 0.461 e. The maximum atomic E-state index is 13.3. The Morgan fingerprint density at radius 2 is 1.69 bits per heavy atom. The van der Waals surface area contributed by atoms with Gasteiger partial charge in [-0.2, -0.15) is 50.8 Å². The van der Waals surface area contributed by atoms with Gasteiger partial charge in [0, 0.05) is 24.8 Å². The normalized spacial score (nSPS) is 14.7. The van der Waals surface area contributed by atoms with E-state index in [0.717, 1.165) is 24.3 Å². The van der Waals surface area contributed by atoms with Crippen LogP contribution < -0.4 is 15.0 Å². The summed E-state index contributed by atoms with van der Waals surface area (Å²) in [6.45, 7) is 1.68. The third-order valence-electron chi connectivity index (χ3n) is 5.20. The fraction of sp³-hybridized carbons (Fsp3) is 0.348. The Balaban J connectivity index is 1.54. The maximum Gasteiger partial charge on any atom is 0.461 e. The van der Waals surface area contributed by atoms with E-state index in [0.29, 0.717) is 31.9 Å². The van der Waals surface area contributed by atoms with E-state index in [2.05, 4.69) is 35.2 Å². The maximum absolute atomic E-state index is 13.3. The van der Waals surface area contributed by atoms with Crippen molar-refractivity contribution in [3.05, 3.63) is 59.7 Å². The molecule has 0 unspecified atom stereocenters. The number of rotatable bonds is 9. The van der Waals surface area contributed by atoms with Gasteiger partial charge in [0.15, 0.2) is 0 Å². The van der Waals surface area contributed by atoms with Gasteiger partial charge >= 0.3 is 18.7 Å². The van der Waals surface area contributed by atoms with Crippen molar-refractivity contribution in [1.82, 2.24) is 15.0 Å². The molecule has 1 aromatic heterocycles. The zero-order valence-electron chi connectivity index (χ0n) is 19.9. The number of nitrogens with one attached hydrogen (secondary N) is 1. The van der Waals surface area contributed by atoms with Crippen molar-refractivity contribution in [1.29, 1.82) is 0 Å². The standard InChI is InChI=1S/C23H20F7N7O2/c24-18(25)23(29,30)39-17-3-1-2-16(12-17)32-19-33-20(35-21(34-19)37-8-10-38-11-9-37)36-31-13-14-4-6-15(7-5-14)22(26,27)28/h1-7,12,18H,8-11,13H2,(H,32,33,34,35). The van der Waals surface area contributed by atoms with Crippen molar-refractivity contribution in [2.24, 2.45) is 10.2 Å². The van der Waals surface area contributed by atoms with Crippen molar-refractivity contribution < 1.29 is 40.2 Å². The highest BCUT2D eigenvalue weighted by atomic mass is 19.4. The summed E-state index contributed by atoms with van der Waals surface area (Å²) in [5.41, 5.74) is -0.187. The number of morpholine rings is 1. The molecule has 2 aromatic carbocycles. The molecule has 0 atom stereocenters. The fourth-order valence-electron chi connectivity index (χ4n) is 3.31. The van der Waals surface area contributed by atoms with E-state index in [1.54, 1.807) is 4.90 Å². The molecule has 4 rings (SSSR count). The molecule has 16 heteroatoms. The Hall–Kier alpha value is -4.08. The van der Waals surface area contributed by atoms with E-state index in [4.69, 9.17) is 4.74 Å². The Morgan fingerprint density at radius 1 is 0.974 bits per heavy atom. The number of ether oxygens (including phenoxy) is 2. The van der Waals surface area contributed by atoms with Gasteiger partial charge in [-0.3, -0.25) is 0 Å². The third kappa shape index (κ3) is 7.72. The van der Waals surface area contributed by atoms with Gasteiger partial charge in [0.2, 0.25) is 11.9 Å². The predicted octanol–water partition coefficient (Wildman–Crippen LogP) is 5.99. The number of aromatic nitrogens is 3. The van der Waals surface area contributed by atoms with Gasteiger partial charge in [0.05, 0.1) is 25.3 Å². The van der Waals surface area contributed by atoms with Crippen molar-refractivity contribution >= 4 is 23.5 Å². The van der Waals surface area contributed by atoms with Crippen LogP contribution in [0.25, 0.3) is 0 Å². The molecule has 0 spiro atoms. The zero-order chi connectivity index (χ0) is 28.0. The molecule has 208 valence electrons. The van der Waals surface area contributed by atoms with Crippen LogP contribution in [0.2, 0.25) is 0 Å². The average molecular weight is 559 g/mol. The first-order valence-corrected chi connectivity index (χ1v) is 11.3. The first-order chi connectivity index (χ1) is 18.5. The number of azo groups is 1. The van der Waals surface area contributed by atoms with E-state index in [1.807, 2.05) is 0 Å². The summed E-state index contributed by atoms with van der Waals surface area (Å²) in [5, 5.41) is 10.7. The molecule has 3 aromatic rings. The van der Waals surface area contributed by atoms with Crippen LogP contribution in [0.4, 0.5) is 54.3 Å². The van der Waals surface area contributed by atoms with E-state index in [9.17, 15) is 30.7 Å². The molecule has 0 amide bonds. The van der Waals surface area contributed by atoms with Crippen LogP contribution in [-0.4, -0.2) is 53.8 Å². The topological polar surface area (TPSA) is 97.1 Å². The molecule has 1 saturated heterocycles. The second kappa shape index (κ2) is 11.8. The van der Waals surface area contributed by atoms with Gasteiger partial charge < -0.3 is 19.7 Å². The number of alkyl halides is 7. The molecule has 0 aliphatic carbocycles. The number of halogens is 7. The number of benzene rings is 2. The Kier molecular flexibility index (Phi) is 8.42.